The lowest BCUT2D eigenvalue weighted by Gasteiger charge is -2.46. The van der Waals surface area contributed by atoms with Gasteiger partial charge in [-0.3, -0.25) is 9.80 Å². The first-order valence-electron chi connectivity index (χ1n) is 8.20. The molecule has 2 heterocycles. The second-order valence-electron chi connectivity index (χ2n) is 6.39. The van der Waals surface area contributed by atoms with Crippen molar-refractivity contribution in [3.05, 3.63) is 35.9 Å². The van der Waals surface area contributed by atoms with Crippen LogP contribution in [-0.4, -0.2) is 80.7 Å². The van der Waals surface area contributed by atoms with Crippen LogP contribution in [0.2, 0.25) is 0 Å². The first-order valence-corrected chi connectivity index (χ1v) is 8.20. The quantitative estimate of drug-likeness (QED) is 0.841. The Hall–Kier alpha value is -1.36. The normalized spacial score (nSPS) is 24.5. The fourth-order valence-corrected chi connectivity index (χ4v) is 3.39. The third-order valence-electron chi connectivity index (χ3n) is 4.77. The smallest absolute Gasteiger partial charge is 0.118 e. The fraction of sp³-hybridized carbons (Fsp3) is 0.556. The predicted octanol–water partition coefficient (Wildman–Crippen LogP) is 1.64. The molecule has 0 amide bonds. The Morgan fingerprint density at radius 3 is 2.64 bits per heavy atom. The van der Waals surface area contributed by atoms with Crippen LogP contribution in [0.5, 0.6) is 5.75 Å². The van der Waals surface area contributed by atoms with Gasteiger partial charge in [0.15, 0.2) is 0 Å². The molecule has 0 spiro atoms. The van der Waals surface area contributed by atoms with Crippen LogP contribution in [0.25, 0.3) is 6.08 Å². The molecule has 22 heavy (non-hydrogen) atoms. The van der Waals surface area contributed by atoms with Crippen LogP contribution in [0.4, 0.5) is 0 Å². The molecule has 4 nitrogen and oxygen atoms in total. The van der Waals surface area contributed by atoms with Gasteiger partial charge in [-0.15, -0.1) is 0 Å². The predicted molar refractivity (Wildman–Crippen MR) is 91.3 cm³/mol. The third kappa shape index (κ3) is 3.88. The van der Waals surface area contributed by atoms with Gasteiger partial charge in [0.25, 0.3) is 0 Å². The first kappa shape index (κ1) is 15.5. The molecular formula is C18H27N3O. The molecule has 0 saturated carbocycles. The minimum Gasteiger partial charge on any atom is -0.497 e. The van der Waals surface area contributed by atoms with Gasteiger partial charge in [-0.2, -0.15) is 0 Å². The van der Waals surface area contributed by atoms with E-state index in [1.165, 1.54) is 44.8 Å². The Morgan fingerprint density at radius 1 is 1.09 bits per heavy atom. The van der Waals surface area contributed by atoms with E-state index in [4.69, 9.17) is 4.74 Å². The number of ether oxygens (including phenoxy) is 1. The van der Waals surface area contributed by atoms with E-state index in [0.717, 1.165) is 12.3 Å². The standard InChI is InChI=1S/C18H27N3O/c1-19-10-12-21-13-11-20(15-17(21)14-19)9-3-4-16-5-7-18(22-2)8-6-16/h3-8,17H,9-15H2,1-2H3/b4-3+/t17-/m1/s1. The molecule has 0 aliphatic carbocycles. The maximum atomic E-state index is 5.19. The number of benzene rings is 1. The summed E-state index contributed by atoms with van der Waals surface area (Å²) in [5.41, 5.74) is 1.23. The van der Waals surface area contributed by atoms with E-state index in [1.807, 2.05) is 12.1 Å². The van der Waals surface area contributed by atoms with E-state index in [0.29, 0.717) is 6.04 Å². The molecule has 2 saturated heterocycles. The summed E-state index contributed by atoms with van der Waals surface area (Å²) in [6, 6.07) is 8.93. The summed E-state index contributed by atoms with van der Waals surface area (Å²) in [7, 11) is 3.94. The zero-order valence-electron chi connectivity index (χ0n) is 13.7. The van der Waals surface area contributed by atoms with Crippen LogP contribution in [0, 0.1) is 0 Å². The zero-order chi connectivity index (χ0) is 15.4. The van der Waals surface area contributed by atoms with Crippen molar-refractivity contribution in [1.82, 2.24) is 14.7 Å². The second-order valence-corrected chi connectivity index (χ2v) is 6.39. The van der Waals surface area contributed by atoms with E-state index < -0.39 is 0 Å². The topological polar surface area (TPSA) is 19.0 Å². The van der Waals surface area contributed by atoms with Crippen molar-refractivity contribution in [1.29, 1.82) is 0 Å². The lowest BCUT2D eigenvalue weighted by molar-refractivity contribution is 0.0246. The van der Waals surface area contributed by atoms with Gasteiger partial charge >= 0.3 is 0 Å². The average Bonchev–Trinajstić information content (AvgIpc) is 2.55. The van der Waals surface area contributed by atoms with Gasteiger partial charge < -0.3 is 9.64 Å². The van der Waals surface area contributed by atoms with E-state index in [2.05, 4.69) is 46.0 Å². The van der Waals surface area contributed by atoms with Gasteiger partial charge in [-0.1, -0.05) is 24.3 Å². The highest BCUT2D eigenvalue weighted by Crippen LogP contribution is 2.15. The van der Waals surface area contributed by atoms with Crippen molar-refractivity contribution < 1.29 is 4.74 Å². The van der Waals surface area contributed by atoms with Gasteiger partial charge in [0.05, 0.1) is 7.11 Å². The summed E-state index contributed by atoms with van der Waals surface area (Å²) < 4.78 is 5.19. The van der Waals surface area contributed by atoms with E-state index in [9.17, 15) is 0 Å². The molecule has 2 aliphatic heterocycles. The molecule has 3 rings (SSSR count). The van der Waals surface area contributed by atoms with Crippen molar-refractivity contribution in [2.75, 3.05) is 60.0 Å². The molecule has 1 aromatic carbocycles. The number of likely N-dealkylation sites (N-methyl/N-ethyl adjacent to an activating group) is 1. The van der Waals surface area contributed by atoms with Gasteiger partial charge in [-0.05, 0) is 24.7 Å². The number of fused-ring (bicyclic) bond motifs is 1. The molecule has 0 unspecified atom stereocenters. The monoisotopic (exact) mass is 301 g/mol. The molecule has 0 radical (unpaired) electrons. The number of rotatable bonds is 4. The minimum atomic E-state index is 0.710. The SMILES string of the molecule is COc1ccc(/C=C/CN2CCN3CCN(C)C[C@@H]3C2)cc1. The molecular weight excluding hydrogens is 274 g/mol. The number of methoxy groups -OCH3 is 1. The molecule has 2 aliphatic rings. The summed E-state index contributed by atoms with van der Waals surface area (Å²) in [5.74, 6) is 0.912. The van der Waals surface area contributed by atoms with Crippen LogP contribution in [0.15, 0.2) is 30.3 Å². The van der Waals surface area contributed by atoms with Crippen LogP contribution < -0.4 is 4.74 Å². The van der Waals surface area contributed by atoms with Crippen LogP contribution >= 0.6 is 0 Å². The molecule has 2 fully saturated rings. The van der Waals surface area contributed by atoms with E-state index >= 15 is 0 Å². The lowest BCUT2D eigenvalue weighted by Crippen LogP contribution is -2.61. The Morgan fingerprint density at radius 2 is 1.86 bits per heavy atom. The Kier molecular flexibility index (Phi) is 5.13. The van der Waals surface area contributed by atoms with Gasteiger partial charge in [-0.25, -0.2) is 0 Å². The molecule has 1 aromatic rings. The molecule has 0 aromatic heterocycles. The third-order valence-corrected chi connectivity index (χ3v) is 4.77. The van der Waals surface area contributed by atoms with Crippen LogP contribution in [-0.2, 0) is 0 Å². The average molecular weight is 301 g/mol. The highest BCUT2D eigenvalue weighted by atomic mass is 16.5. The Balaban J connectivity index is 1.49. The highest BCUT2D eigenvalue weighted by Gasteiger charge is 2.30. The van der Waals surface area contributed by atoms with Crippen molar-refractivity contribution in [2.45, 2.75) is 6.04 Å². The number of hydrogen-bond donors (Lipinski definition) is 0. The summed E-state index contributed by atoms with van der Waals surface area (Å²) in [6.07, 6.45) is 4.49. The molecule has 4 heteroatoms. The van der Waals surface area contributed by atoms with Crippen molar-refractivity contribution in [3.63, 3.8) is 0 Å². The van der Waals surface area contributed by atoms with E-state index in [1.54, 1.807) is 7.11 Å². The molecule has 120 valence electrons. The fourth-order valence-electron chi connectivity index (χ4n) is 3.39. The number of hydrogen-bond acceptors (Lipinski definition) is 4. The largest absolute Gasteiger partial charge is 0.497 e. The minimum absolute atomic E-state index is 0.710. The van der Waals surface area contributed by atoms with Gasteiger partial charge in [0.2, 0.25) is 0 Å². The highest BCUT2D eigenvalue weighted by molar-refractivity contribution is 5.50. The summed E-state index contributed by atoms with van der Waals surface area (Å²) in [4.78, 5) is 7.68. The van der Waals surface area contributed by atoms with Gasteiger partial charge in [0, 0.05) is 51.9 Å². The molecule has 0 N–H and O–H groups in total. The van der Waals surface area contributed by atoms with E-state index in [-0.39, 0.29) is 0 Å². The van der Waals surface area contributed by atoms with Crippen molar-refractivity contribution >= 4 is 6.08 Å². The summed E-state index contributed by atoms with van der Waals surface area (Å²) in [6.45, 7) is 8.29. The number of nitrogens with zero attached hydrogens (tertiary/aromatic N) is 3. The molecule has 0 bridgehead atoms. The summed E-state index contributed by atoms with van der Waals surface area (Å²) >= 11 is 0. The van der Waals surface area contributed by atoms with Crippen molar-refractivity contribution in [3.8, 4) is 5.75 Å². The maximum absolute atomic E-state index is 5.19. The van der Waals surface area contributed by atoms with Crippen molar-refractivity contribution in [2.24, 2.45) is 0 Å². The Bertz CT molecular complexity index is 500. The zero-order valence-corrected chi connectivity index (χ0v) is 13.7. The molecule has 1 atom stereocenters. The Labute approximate surface area is 134 Å². The van der Waals surface area contributed by atoms with Gasteiger partial charge in [0.1, 0.15) is 5.75 Å². The first-order chi connectivity index (χ1) is 10.7. The summed E-state index contributed by atoms with van der Waals surface area (Å²) in [5, 5.41) is 0. The second kappa shape index (κ2) is 7.27. The maximum Gasteiger partial charge on any atom is 0.118 e. The lowest BCUT2D eigenvalue weighted by atomic mass is 10.1. The van der Waals surface area contributed by atoms with Crippen LogP contribution in [0.3, 0.4) is 0 Å². The number of piperazine rings is 2. The van der Waals surface area contributed by atoms with Crippen LogP contribution in [0.1, 0.15) is 5.56 Å².